The third-order valence-corrected chi connectivity index (χ3v) is 1.67. The lowest BCUT2D eigenvalue weighted by Crippen LogP contribution is -1.87. The van der Waals surface area contributed by atoms with Crippen molar-refractivity contribution in [3.05, 3.63) is 33.9 Å². The van der Waals surface area contributed by atoms with Crippen molar-refractivity contribution in [3.63, 3.8) is 0 Å². The van der Waals surface area contributed by atoms with Crippen molar-refractivity contribution >= 4 is 17.6 Å². The first-order chi connectivity index (χ1) is 6.15. The molecule has 0 aliphatic heterocycles. The Labute approximate surface area is 76.1 Å². The van der Waals surface area contributed by atoms with Gasteiger partial charge in [-0.2, -0.15) is 0 Å². The zero-order valence-electron chi connectivity index (χ0n) is 7.52. The third-order valence-electron chi connectivity index (χ3n) is 1.67. The predicted octanol–water partition coefficient (Wildman–Crippen LogP) is 2.63. The van der Waals surface area contributed by atoms with Crippen LogP contribution >= 0.6 is 0 Å². The van der Waals surface area contributed by atoms with Crippen LogP contribution in [0.1, 0.15) is 12.5 Å². The molecule has 0 N–H and O–H groups in total. The quantitative estimate of drug-likeness (QED) is 0.397. The second kappa shape index (κ2) is 3.80. The molecular formula is C9H10N2O2. The maximum Gasteiger partial charge on any atom is 0.271 e. The molecule has 1 aromatic rings. The highest BCUT2D eigenvalue weighted by Crippen LogP contribution is 2.23. The molecule has 0 atom stereocenters. The highest BCUT2D eigenvalue weighted by atomic mass is 16.6. The smallest absolute Gasteiger partial charge is 0.261 e. The number of benzene rings is 1. The van der Waals surface area contributed by atoms with Gasteiger partial charge in [-0.25, -0.2) is 0 Å². The lowest BCUT2D eigenvalue weighted by Gasteiger charge is -1.98. The number of nitrogens with zero attached hydrogens (tertiary/aromatic N) is 2. The van der Waals surface area contributed by atoms with Gasteiger partial charge in [-0.15, -0.1) is 0 Å². The minimum atomic E-state index is -0.422. The van der Waals surface area contributed by atoms with Gasteiger partial charge < -0.3 is 0 Å². The van der Waals surface area contributed by atoms with Gasteiger partial charge in [0.15, 0.2) is 0 Å². The minimum absolute atomic E-state index is 0.0752. The van der Waals surface area contributed by atoms with E-state index in [1.165, 1.54) is 12.1 Å². The third kappa shape index (κ3) is 2.11. The summed E-state index contributed by atoms with van der Waals surface area (Å²) in [6.45, 7) is 3.64. The summed E-state index contributed by atoms with van der Waals surface area (Å²) >= 11 is 0. The van der Waals surface area contributed by atoms with E-state index in [2.05, 4.69) is 4.99 Å². The molecule has 0 amide bonds. The zero-order valence-corrected chi connectivity index (χ0v) is 7.52. The van der Waals surface area contributed by atoms with Crippen molar-refractivity contribution in [1.29, 1.82) is 0 Å². The molecule has 0 aliphatic carbocycles. The summed E-state index contributed by atoms with van der Waals surface area (Å²) in [6.07, 6.45) is 1.62. The predicted molar refractivity (Wildman–Crippen MR) is 51.7 cm³/mol. The van der Waals surface area contributed by atoms with Crippen molar-refractivity contribution in [2.45, 2.75) is 13.8 Å². The van der Waals surface area contributed by atoms with Crippen LogP contribution in [0.5, 0.6) is 0 Å². The Bertz CT molecular complexity index is 359. The number of non-ortho nitro benzene ring substituents is 1. The molecule has 0 heterocycles. The molecule has 68 valence electrons. The van der Waals surface area contributed by atoms with Crippen LogP contribution in [0.15, 0.2) is 23.2 Å². The number of hydrogen-bond donors (Lipinski definition) is 0. The molecule has 1 aromatic carbocycles. The second-order valence-electron chi connectivity index (χ2n) is 2.62. The highest BCUT2D eigenvalue weighted by Gasteiger charge is 2.06. The summed E-state index contributed by atoms with van der Waals surface area (Å²) in [6, 6.07) is 4.64. The largest absolute Gasteiger partial charge is 0.271 e. The Morgan fingerprint density at radius 2 is 2.23 bits per heavy atom. The van der Waals surface area contributed by atoms with Crippen molar-refractivity contribution in [3.8, 4) is 0 Å². The number of aliphatic imine (C=N–C) groups is 1. The van der Waals surface area contributed by atoms with Gasteiger partial charge in [-0.3, -0.25) is 15.1 Å². The Kier molecular flexibility index (Phi) is 2.74. The van der Waals surface area contributed by atoms with E-state index in [4.69, 9.17) is 0 Å². The van der Waals surface area contributed by atoms with E-state index < -0.39 is 4.92 Å². The molecule has 0 saturated carbocycles. The molecule has 0 aliphatic rings. The number of nitro benzene ring substituents is 1. The molecule has 0 saturated heterocycles. The van der Waals surface area contributed by atoms with Gasteiger partial charge in [0.1, 0.15) is 0 Å². The Hall–Kier alpha value is -1.71. The van der Waals surface area contributed by atoms with Crippen molar-refractivity contribution in [2.75, 3.05) is 0 Å². The standard InChI is InChI=1S/C9H10N2O2/c1-3-10-9-6-8(11(12)13)5-4-7(9)2/h3-6H,1-2H3. The topological polar surface area (TPSA) is 55.5 Å². The number of rotatable bonds is 2. The summed E-state index contributed by atoms with van der Waals surface area (Å²) < 4.78 is 0. The Morgan fingerprint density at radius 1 is 1.54 bits per heavy atom. The molecule has 0 radical (unpaired) electrons. The summed E-state index contributed by atoms with van der Waals surface area (Å²) in [7, 11) is 0. The number of aryl methyl sites for hydroxylation is 1. The van der Waals surface area contributed by atoms with Gasteiger partial charge in [-0.1, -0.05) is 6.07 Å². The first-order valence-corrected chi connectivity index (χ1v) is 3.89. The van der Waals surface area contributed by atoms with Crippen molar-refractivity contribution in [1.82, 2.24) is 0 Å². The number of hydrogen-bond acceptors (Lipinski definition) is 3. The van der Waals surface area contributed by atoms with E-state index in [0.717, 1.165) is 5.56 Å². The number of nitro groups is 1. The van der Waals surface area contributed by atoms with Gasteiger partial charge in [-0.05, 0) is 19.4 Å². The molecule has 0 fully saturated rings. The van der Waals surface area contributed by atoms with E-state index in [0.29, 0.717) is 5.69 Å². The second-order valence-corrected chi connectivity index (χ2v) is 2.62. The van der Waals surface area contributed by atoms with Crippen LogP contribution < -0.4 is 0 Å². The van der Waals surface area contributed by atoms with Gasteiger partial charge in [0.2, 0.25) is 0 Å². The van der Waals surface area contributed by atoms with Crippen LogP contribution in [0.3, 0.4) is 0 Å². The average molecular weight is 178 g/mol. The van der Waals surface area contributed by atoms with E-state index in [1.807, 2.05) is 6.92 Å². The van der Waals surface area contributed by atoms with E-state index in [9.17, 15) is 10.1 Å². The average Bonchev–Trinajstić information content (AvgIpc) is 2.08. The minimum Gasteiger partial charge on any atom is -0.261 e. The normalized spacial score (nSPS) is 10.6. The maximum atomic E-state index is 10.4. The lowest BCUT2D eigenvalue weighted by atomic mass is 10.2. The summed E-state index contributed by atoms with van der Waals surface area (Å²) in [5, 5.41) is 10.4. The molecule has 4 heteroatoms. The van der Waals surface area contributed by atoms with Gasteiger partial charge in [0.05, 0.1) is 10.6 Å². The maximum absolute atomic E-state index is 10.4. The van der Waals surface area contributed by atoms with E-state index in [-0.39, 0.29) is 5.69 Å². The fourth-order valence-electron chi connectivity index (χ4n) is 0.990. The van der Waals surface area contributed by atoms with E-state index >= 15 is 0 Å². The van der Waals surface area contributed by atoms with Crippen molar-refractivity contribution < 1.29 is 4.92 Å². The first-order valence-electron chi connectivity index (χ1n) is 3.89. The summed E-state index contributed by atoms with van der Waals surface area (Å²) in [5.74, 6) is 0. The highest BCUT2D eigenvalue weighted by molar-refractivity contribution is 5.64. The molecule has 1 rings (SSSR count). The molecule has 0 unspecified atom stereocenters. The molecule has 0 spiro atoms. The molecule has 0 bridgehead atoms. The first kappa shape index (κ1) is 9.38. The summed E-state index contributed by atoms with van der Waals surface area (Å²) in [5.41, 5.74) is 1.66. The van der Waals surface area contributed by atoms with Crippen LogP contribution in [-0.2, 0) is 0 Å². The fourth-order valence-corrected chi connectivity index (χ4v) is 0.990. The molecular weight excluding hydrogens is 168 g/mol. The molecule has 13 heavy (non-hydrogen) atoms. The van der Waals surface area contributed by atoms with Crippen LogP contribution in [0.4, 0.5) is 11.4 Å². The van der Waals surface area contributed by atoms with Gasteiger partial charge >= 0.3 is 0 Å². The van der Waals surface area contributed by atoms with Crippen LogP contribution in [-0.4, -0.2) is 11.1 Å². The summed E-state index contributed by atoms with van der Waals surface area (Å²) in [4.78, 5) is 14.0. The lowest BCUT2D eigenvalue weighted by molar-refractivity contribution is -0.384. The van der Waals surface area contributed by atoms with Gasteiger partial charge in [0, 0.05) is 18.3 Å². The van der Waals surface area contributed by atoms with Crippen LogP contribution in [0.2, 0.25) is 0 Å². The Balaban J connectivity index is 3.18. The van der Waals surface area contributed by atoms with Gasteiger partial charge in [0.25, 0.3) is 5.69 Å². The van der Waals surface area contributed by atoms with Crippen LogP contribution in [0, 0.1) is 17.0 Å². The molecule has 0 aromatic heterocycles. The van der Waals surface area contributed by atoms with Crippen molar-refractivity contribution in [2.24, 2.45) is 4.99 Å². The van der Waals surface area contributed by atoms with Crippen LogP contribution in [0.25, 0.3) is 0 Å². The Morgan fingerprint density at radius 3 is 2.77 bits per heavy atom. The molecule has 4 nitrogen and oxygen atoms in total. The monoisotopic (exact) mass is 178 g/mol. The zero-order chi connectivity index (χ0) is 9.84. The fraction of sp³-hybridized carbons (Fsp3) is 0.222. The SMILES string of the molecule is CC=Nc1cc([N+](=O)[O-])ccc1C. The van der Waals surface area contributed by atoms with E-state index in [1.54, 1.807) is 19.2 Å².